The van der Waals surface area contributed by atoms with Crippen LogP contribution in [0.1, 0.15) is 42.9 Å². The number of allylic oxidation sites excluding steroid dienone is 3. The summed E-state index contributed by atoms with van der Waals surface area (Å²) in [5.41, 5.74) is 6.23. The van der Waals surface area contributed by atoms with E-state index in [2.05, 4.69) is 91.8 Å². The van der Waals surface area contributed by atoms with Crippen LogP contribution in [0.3, 0.4) is 0 Å². The first-order valence-corrected chi connectivity index (χ1v) is 11.2. The predicted octanol–water partition coefficient (Wildman–Crippen LogP) is 4.95. The maximum absolute atomic E-state index is 4.96. The third-order valence-electron chi connectivity index (χ3n) is 6.48. The van der Waals surface area contributed by atoms with Gasteiger partial charge >= 0.3 is 0 Å². The Bertz CT molecular complexity index is 940. The molecule has 0 N–H and O–H groups in total. The van der Waals surface area contributed by atoms with E-state index in [4.69, 9.17) is 4.99 Å². The average Bonchev–Trinajstić information content (AvgIpc) is 2.75. The molecule has 0 saturated carbocycles. The fourth-order valence-corrected chi connectivity index (χ4v) is 4.55. The van der Waals surface area contributed by atoms with Gasteiger partial charge in [0.15, 0.2) is 0 Å². The fourth-order valence-electron chi connectivity index (χ4n) is 4.55. The lowest BCUT2D eigenvalue weighted by atomic mass is 9.96. The van der Waals surface area contributed by atoms with E-state index in [1.165, 1.54) is 41.5 Å². The van der Waals surface area contributed by atoms with Gasteiger partial charge in [-0.05, 0) is 74.7 Å². The molecule has 0 atom stereocenters. The highest BCUT2D eigenvalue weighted by molar-refractivity contribution is 6.02. The van der Waals surface area contributed by atoms with Gasteiger partial charge in [-0.2, -0.15) is 0 Å². The van der Waals surface area contributed by atoms with Crippen LogP contribution in [-0.4, -0.2) is 53.8 Å². The summed E-state index contributed by atoms with van der Waals surface area (Å²) in [6.45, 7) is 10.9. The van der Waals surface area contributed by atoms with E-state index in [-0.39, 0.29) is 0 Å². The lowest BCUT2D eigenvalue weighted by molar-refractivity contribution is 0.169. The van der Waals surface area contributed by atoms with Gasteiger partial charge in [-0.15, -0.1) is 0 Å². The summed E-state index contributed by atoms with van der Waals surface area (Å²) in [5.74, 6) is 2.00. The van der Waals surface area contributed by atoms with Crippen molar-refractivity contribution in [1.82, 2.24) is 14.7 Å². The van der Waals surface area contributed by atoms with E-state index >= 15 is 0 Å². The number of benzene rings is 1. The zero-order valence-electron chi connectivity index (χ0n) is 18.9. The number of hydrogen-bond donors (Lipinski definition) is 0. The van der Waals surface area contributed by atoms with Crippen LogP contribution in [0.2, 0.25) is 0 Å². The Morgan fingerprint density at radius 1 is 1.17 bits per heavy atom. The van der Waals surface area contributed by atoms with Crippen molar-refractivity contribution in [3.05, 3.63) is 77.4 Å². The summed E-state index contributed by atoms with van der Waals surface area (Å²) in [4.78, 5) is 11.8. The Balaban J connectivity index is 1.50. The number of aliphatic imine (C=N–C) groups is 1. The summed E-state index contributed by atoms with van der Waals surface area (Å²) >= 11 is 0. The van der Waals surface area contributed by atoms with Crippen LogP contribution in [0.4, 0.5) is 0 Å². The molecule has 0 spiro atoms. The molecule has 3 heterocycles. The monoisotopic (exact) mass is 402 g/mol. The predicted molar refractivity (Wildman–Crippen MR) is 127 cm³/mol. The number of piperidine rings is 1. The number of nitrogens with zero attached hydrogens (tertiary/aromatic N) is 4. The second kappa shape index (κ2) is 8.65. The number of fused-ring (bicyclic) bond motifs is 1. The highest BCUT2D eigenvalue weighted by atomic mass is 15.3. The first-order chi connectivity index (χ1) is 14.5. The van der Waals surface area contributed by atoms with Crippen molar-refractivity contribution in [1.29, 1.82) is 0 Å². The second-order valence-electron chi connectivity index (χ2n) is 8.82. The molecule has 30 heavy (non-hydrogen) atoms. The first kappa shape index (κ1) is 20.7. The van der Waals surface area contributed by atoms with Crippen LogP contribution < -0.4 is 0 Å². The summed E-state index contributed by atoms with van der Waals surface area (Å²) in [7, 11) is 4.35. The lowest BCUT2D eigenvalue weighted by Gasteiger charge is -2.38. The van der Waals surface area contributed by atoms with Crippen molar-refractivity contribution < 1.29 is 0 Å². The van der Waals surface area contributed by atoms with Crippen molar-refractivity contribution in [2.24, 2.45) is 4.99 Å². The van der Waals surface area contributed by atoms with Crippen molar-refractivity contribution in [2.75, 3.05) is 27.2 Å². The molecule has 0 amide bonds. The Morgan fingerprint density at radius 3 is 2.60 bits per heavy atom. The molecule has 4 rings (SSSR count). The number of likely N-dealkylation sites (tertiary alicyclic amines) is 1. The normalized spacial score (nSPS) is 19.6. The molecule has 1 fully saturated rings. The third kappa shape index (κ3) is 4.15. The maximum atomic E-state index is 4.96. The molecule has 158 valence electrons. The molecule has 0 aromatic heterocycles. The molecule has 3 aliphatic rings. The van der Waals surface area contributed by atoms with Crippen LogP contribution in [0.5, 0.6) is 0 Å². The number of hydrogen-bond acceptors (Lipinski definition) is 4. The Hall–Kier alpha value is -2.59. The molecule has 1 aromatic rings. The van der Waals surface area contributed by atoms with Crippen LogP contribution in [0.15, 0.2) is 65.7 Å². The third-order valence-corrected chi connectivity index (χ3v) is 6.48. The van der Waals surface area contributed by atoms with E-state index in [1.54, 1.807) is 0 Å². The number of rotatable bonds is 5. The van der Waals surface area contributed by atoms with Gasteiger partial charge in [0.1, 0.15) is 11.7 Å². The van der Waals surface area contributed by atoms with Gasteiger partial charge in [0, 0.05) is 37.1 Å². The highest BCUT2D eigenvalue weighted by Gasteiger charge is 2.26. The second-order valence-corrected chi connectivity index (χ2v) is 8.82. The number of amidine groups is 1. The minimum Gasteiger partial charge on any atom is -0.356 e. The van der Waals surface area contributed by atoms with Gasteiger partial charge in [-0.25, -0.2) is 4.99 Å². The topological polar surface area (TPSA) is 22.1 Å². The summed E-state index contributed by atoms with van der Waals surface area (Å²) < 4.78 is 0. The molecule has 4 heteroatoms. The average molecular weight is 403 g/mol. The number of aryl methyl sites for hydroxylation is 2. The minimum atomic E-state index is 0.671. The van der Waals surface area contributed by atoms with Gasteiger partial charge in [-0.3, -0.25) is 0 Å². The molecule has 4 nitrogen and oxygen atoms in total. The van der Waals surface area contributed by atoms with Crippen molar-refractivity contribution >= 4 is 11.4 Å². The van der Waals surface area contributed by atoms with Gasteiger partial charge in [0.25, 0.3) is 0 Å². The molecule has 1 saturated heterocycles. The molecule has 1 aromatic carbocycles. The van der Waals surface area contributed by atoms with E-state index < -0.39 is 0 Å². The van der Waals surface area contributed by atoms with E-state index in [1.807, 2.05) is 0 Å². The van der Waals surface area contributed by atoms with E-state index in [0.717, 1.165) is 36.9 Å². The largest absolute Gasteiger partial charge is 0.356 e. The molecule has 0 unspecified atom stereocenters. The lowest BCUT2D eigenvalue weighted by Crippen LogP contribution is -2.42. The fraction of sp³-hybridized carbons (Fsp3) is 0.423. The molecule has 0 radical (unpaired) electrons. The van der Waals surface area contributed by atoms with Crippen molar-refractivity contribution in [2.45, 2.75) is 45.6 Å². The standard InChI is InChI=1S/C26H34N4/c1-6-7-21-8-9-22(16-19(21)2)23-10-11-25-27-26(17-20(3)30(25)18-23)29-14-12-24(13-15-29)28(4)5/h8-11,16-18,24H,3,6-7,12-15H2,1-2,4-5H3. The Kier molecular flexibility index (Phi) is 5.96. The molecule has 0 aliphatic carbocycles. The van der Waals surface area contributed by atoms with Gasteiger partial charge < -0.3 is 14.7 Å². The Labute approximate surface area is 181 Å². The van der Waals surface area contributed by atoms with Crippen LogP contribution in [0.25, 0.3) is 5.57 Å². The van der Waals surface area contributed by atoms with Crippen LogP contribution in [0, 0.1) is 6.92 Å². The molecular weight excluding hydrogens is 368 g/mol. The molecule has 0 bridgehead atoms. The molecular formula is C26H34N4. The van der Waals surface area contributed by atoms with Crippen LogP contribution in [-0.2, 0) is 6.42 Å². The highest BCUT2D eigenvalue weighted by Crippen LogP contribution is 2.30. The summed E-state index contributed by atoms with van der Waals surface area (Å²) in [6.07, 6.45) is 13.3. The van der Waals surface area contributed by atoms with Crippen molar-refractivity contribution in [3.63, 3.8) is 0 Å². The summed E-state index contributed by atoms with van der Waals surface area (Å²) in [6, 6.07) is 7.48. The Morgan fingerprint density at radius 2 is 1.93 bits per heavy atom. The SMILES string of the molecule is C=C1C=C(N2CCC(N(C)C)CC2)N=C2C=CC(c3ccc(CCC)c(C)c3)=CN12. The first-order valence-electron chi connectivity index (χ1n) is 11.2. The van der Waals surface area contributed by atoms with E-state index in [0.29, 0.717) is 6.04 Å². The smallest absolute Gasteiger partial charge is 0.139 e. The maximum Gasteiger partial charge on any atom is 0.139 e. The minimum absolute atomic E-state index is 0.671. The quantitative estimate of drug-likeness (QED) is 0.695. The summed E-state index contributed by atoms with van der Waals surface area (Å²) in [5, 5.41) is 0. The van der Waals surface area contributed by atoms with Gasteiger partial charge in [0.2, 0.25) is 0 Å². The van der Waals surface area contributed by atoms with Crippen molar-refractivity contribution in [3.8, 4) is 0 Å². The van der Waals surface area contributed by atoms with Crippen LogP contribution >= 0.6 is 0 Å². The molecule has 3 aliphatic heterocycles. The van der Waals surface area contributed by atoms with Gasteiger partial charge in [0.05, 0.1) is 0 Å². The van der Waals surface area contributed by atoms with E-state index in [9.17, 15) is 0 Å². The van der Waals surface area contributed by atoms with Gasteiger partial charge in [-0.1, -0.05) is 38.1 Å². The zero-order valence-corrected chi connectivity index (χ0v) is 18.9. The zero-order chi connectivity index (χ0) is 21.3.